The molecule has 8 heteroatoms. The third kappa shape index (κ3) is 4.76. The van der Waals surface area contributed by atoms with Gasteiger partial charge in [-0.15, -0.1) is 0 Å². The van der Waals surface area contributed by atoms with Crippen LogP contribution >= 0.6 is 0 Å². The molecule has 0 aliphatic rings. The largest absolute Gasteiger partial charge is 0.494 e. The average Bonchev–Trinajstić information content (AvgIpc) is 2.62. The maximum absolute atomic E-state index is 13.0. The first kappa shape index (κ1) is 19.3. The Morgan fingerprint density at radius 3 is 2.54 bits per heavy atom. The van der Waals surface area contributed by atoms with Crippen molar-refractivity contribution in [2.75, 3.05) is 19.5 Å². The Balaban J connectivity index is 2.06. The summed E-state index contributed by atoms with van der Waals surface area (Å²) in [6, 6.07) is 9.56. The van der Waals surface area contributed by atoms with E-state index >= 15 is 0 Å². The fourth-order valence-electron chi connectivity index (χ4n) is 2.35. The number of carbonyl (C=O) groups excluding carboxylic acids is 1. The van der Waals surface area contributed by atoms with Crippen LogP contribution in [0.25, 0.3) is 0 Å². The molecule has 0 aromatic heterocycles. The van der Waals surface area contributed by atoms with Gasteiger partial charge in [0.05, 0.1) is 29.8 Å². The second-order valence-corrected chi connectivity index (χ2v) is 5.85. The normalized spacial score (nSPS) is 11.9. The van der Waals surface area contributed by atoms with E-state index in [0.717, 1.165) is 5.56 Å². The molecular formula is C18H20FN3O4. The summed E-state index contributed by atoms with van der Waals surface area (Å²) in [7, 11) is 3.15. The van der Waals surface area contributed by atoms with Gasteiger partial charge >= 0.3 is 0 Å². The highest BCUT2D eigenvalue weighted by Crippen LogP contribution is 2.29. The van der Waals surface area contributed by atoms with E-state index in [9.17, 15) is 19.3 Å². The van der Waals surface area contributed by atoms with Crippen LogP contribution < -0.4 is 10.1 Å². The van der Waals surface area contributed by atoms with Crippen molar-refractivity contribution in [3.05, 3.63) is 64.0 Å². The van der Waals surface area contributed by atoms with Gasteiger partial charge < -0.3 is 10.1 Å². The van der Waals surface area contributed by atoms with Crippen LogP contribution in [0.15, 0.2) is 42.5 Å². The summed E-state index contributed by atoms with van der Waals surface area (Å²) in [6.45, 7) is 2.20. The Labute approximate surface area is 150 Å². The highest BCUT2D eigenvalue weighted by Gasteiger charge is 2.20. The number of amides is 1. The molecule has 1 N–H and O–H groups in total. The number of likely N-dealkylation sites (N-methyl/N-ethyl adjacent to an activating group) is 1. The summed E-state index contributed by atoms with van der Waals surface area (Å²) in [5, 5.41) is 13.5. The molecule has 0 heterocycles. The van der Waals surface area contributed by atoms with Crippen LogP contribution in [0.2, 0.25) is 0 Å². The number of hydrogen-bond acceptors (Lipinski definition) is 5. The number of nitro benzene ring substituents is 1. The summed E-state index contributed by atoms with van der Waals surface area (Å²) in [5.74, 6) is -0.393. The number of rotatable bonds is 7. The molecule has 138 valence electrons. The van der Waals surface area contributed by atoms with Crippen molar-refractivity contribution in [2.45, 2.75) is 19.5 Å². The number of ether oxygens (including phenoxy) is 1. The molecule has 1 amide bonds. The lowest BCUT2D eigenvalue weighted by atomic mass is 10.1. The molecule has 1 atom stereocenters. The molecular weight excluding hydrogens is 341 g/mol. The van der Waals surface area contributed by atoms with Crippen LogP contribution in [-0.4, -0.2) is 35.9 Å². The van der Waals surface area contributed by atoms with Gasteiger partial charge in [0.2, 0.25) is 5.91 Å². The number of nitro groups is 1. The van der Waals surface area contributed by atoms with E-state index in [0.29, 0.717) is 12.2 Å². The third-order valence-electron chi connectivity index (χ3n) is 4.04. The minimum Gasteiger partial charge on any atom is -0.494 e. The van der Waals surface area contributed by atoms with E-state index in [4.69, 9.17) is 4.74 Å². The zero-order valence-corrected chi connectivity index (χ0v) is 14.7. The van der Waals surface area contributed by atoms with Gasteiger partial charge in [-0.1, -0.05) is 12.1 Å². The van der Waals surface area contributed by atoms with E-state index in [1.54, 1.807) is 31.0 Å². The van der Waals surface area contributed by atoms with E-state index in [2.05, 4.69) is 5.32 Å². The quantitative estimate of drug-likeness (QED) is 0.605. The Kier molecular flexibility index (Phi) is 6.24. The van der Waals surface area contributed by atoms with Crippen molar-refractivity contribution in [2.24, 2.45) is 0 Å². The average molecular weight is 361 g/mol. The first-order valence-electron chi connectivity index (χ1n) is 7.89. The van der Waals surface area contributed by atoms with Crippen LogP contribution in [0.5, 0.6) is 5.75 Å². The number of methoxy groups -OCH3 is 1. The molecule has 0 saturated heterocycles. The van der Waals surface area contributed by atoms with Crippen LogP contribution in [0.1, 0.15) is 12.5 Å². The fraction of sp³-hybridized carbons (Fsp3) is 0.278. The van der Waals surface area contributed by atoms with Crippen molar-refractivity contribution in [3.63, 3.8) is 0 Å². The number of anilines is 1. The van der Waals surface area contributed by atoms with Crippen LogP contribution in [0.4, 0.5) is 15.8 Å². The van der Waals surface area contributed by atoms with Crippen molar-refractivity contribution in [3.8, 4) is 5.75 Å². The fourth-order valence-corrected chi connectivity index (χ4v) is 2.35. The van der Waals surface area contributed by atoms with Gasteiger partial charge in [0.1, 0.15) is 11.6 Å². The molecule has 0 saturated carbocycles. The van der Waals surface area contributed by atoms with Gasteiger partial charge in [-0.25, -0.2) is 4.39 Å². The van der Waals surface area contributed by atoms with Gasteiger partial charge in [0.15, 0.2) is 0 Å². The molecule has 0 radical (unpaired) electrons. The highest BCUT2D eigenvalue weighted by molar-refractivity contribution is 5.96. The number of halogens is 1. The Hall–Kier alpha value is -3.00. The Bertz CT molecular complexity index is 796. The topological polar surface area (TPSA) is 84.7 Å². The molecule has 0 unspecified atom stereocenters. The van der Waals surface area contributed by atoms with Gasteiger partial charge in [0.25, 0.3) is 5.69 Å². The van der Waals surface area contributed by atoms with Crippen molar-refractivity contribution < 1.29 is 18.8 Å². The number of non-ortho nitro benzene ring substituents is 1. The summed E-state index contributed by atoms with van der Waals surface area (Å²) in [4.78, 5) is 24.6. The third-order valence-corrected chi connectivity index (χ3v) is 4.04. The zero-order valence-electron chi connectivity index (χ0n) is 14.7. The predicted octanol–water partition coefficient (Wildman–Crippen LogP) is 3.20. The molecule has 0 fully saturated rings. The van der Waals surface area contributed by atoms with E-state index in [1.165, 1.54) is 37.4 Å². The number of carbonyl (C=O) groups is 1. The highest BCUT2D eigenvalue weighted by atomic mass is 19.1. The molecule has 0 bridgehead atoms. The van der Waals surface area contributed by atoms with Crippen LogP contribution in [0, 0.1) is 15.9 Å². The standard InChI is InChI=1S/C18H20FN3O4/c1-12(21(2)11-13-4-6-14(19)7-5-13)18(23)20-16-9-8-15(22(24)25)10-17(16)26-3/h4-10,12H,11H2,1-3H3,(H,20,23)/t12-/m0/s1. The number of nitrogens with one attached hydrogen (secondary N) is 1. The second-order valence-electron chi connectivity index (χ2n) is 5.85. The van der Waals surface area contributed by atoms with Crippen molar-refractivity contribution >= 4 is 17.3 Å². The van der Waals surface area contributed by atoms with Crippen molar-refractivity contribution in [1.29, 1.82) is 0 Å². The van der Waals surface area contributed by atoms with Crippen LogP contribution in [0.3, 0.4) is 0 Å². The van der Waals surface area contributed by atoms with Gasteiger partial charge in [-0.2, -0.15) is 0 Å². The Morgan fingerprint density at radius 2 is 1.96 bits per heavy atom. The number of benzene rings is 2. The summed E-state index contributed by atoms with van der Waals surface area (Å²) in [5.41, 5.74) is 1.10. The molecule has 7 nitrogen and oxygen atoms in total. The minimum atomic E-state index is -0.535. The molecule has 26 heavy (non-hydrogen) atoms. The first-order chi connectivity index (χ1) is 12.3. The maximum atomic E-state index is 13.0. The van der Waals surface area contributed by atoms with Gasteiger partial charge in [-0.05, 0) is 37.7 Å². The van der Waals surface area contributed by atoms with Crippen molar-refractivity contribution in [1.82, 2.24) is 4.90 Å². The number of nitrogens with zero attached hydrogens (tertiary/aromatic N) is 2. The second kappa shape index (κ2) is 8.39. The molecule has 2 aromatic carbocycles. The minimum absolute atomic E-state index is 0.124. The molecule has 0 aliphatic heterocycles. The smallest absolute Gasteiger partial charge is 0.273 e. The monoisotopic (exact) mass is 361 g/mol. The molecule has 2 rings (SSSR count). The van der Waals surface area contributed by atoms with E-state index in [1.807, 2.05) is 0 Å². The van der Waals surface area contributed by atoms with E-state index in [-0.39, 0.29) is 23.2 Å². The summed E-state index contributed by atoms with van der Waals surface area (Å²) >= 11 is 0. The molecule has 0 aliphatic carbocycles. The first-order valence-corrected chi connectivity index (χ1v) is 7.89. The lowest BCUT2D eigenvalue weighted by Crippen LogP contribution is -2.39. The maximum Gasteiger partial charge on any atom is 0.273 e. The van der Waals surface area contributed by atoms with Crippen LogP contribution in [-0.2, 0) is 11.3 Å². The predicted molar refractivity (Wildman–Crippen MR) is 95.6 cm³/mol. The summed E-state index contributed by atoms with van der Waals surface area (Å²) in [6.07, 6.45) is 0. The lowest BCUT2D eigenvalue weighted by molar-refractivity contribution is -0.384. The SMILES string of the molecule is COc1cc([N+](=O)[O-])ccc1NC(=O)[C@H](C)N(C)Cc1ccc(F)cc1. The zero-order chi connectivity index (χ0) is 19.3. The number of hydrogen-bond donors (Lipinski definition) is 1. The van der Waals surface area contributed by atoms with Gasteiger partial charge in [0, 0.05) is 12.6 Å². The van der Waals surface area contributed by atoms with E-state index < -0.39 is 11.0 Å². The molecule has 2 aromatic rings. The van der Waals surface area contributed by atoms with Gasteiger partial charge in [-0.3, -0.25) is 19.8 Å². The molecule has 0 spiro atoms. The lowest BCUT2D eigenvalue weighted by Gasteiger charge is -2.24. The summed E-state index contributed by atoms with van der Waals surface area (Å²) < 4.78 is 18.1. The Morgan fingerprint density at radius 1 is 1.31 bits per heavy atom.